The van der Waals surface area contributed by atoms with E-state index in [1.807, 2.05) is 0 Å². The molecule has 1 unspecified atom stereocenters. The molecule has 3 nitrogen and oxygen atoms in total. The molecule has 1 heterocycles. The Balaban J connectivity index is 2.42. The molecule has 0 aliphatic heterocycles. The molecule has 0 spiro atoms. The van der Waals surface area contributed by atoms with E-state index in [0.717, 1.165) is 4.88 Å². The quantitative estimate of drug-likeness (QED) is 0.835. The Morgan fingerprint density at radius 1 is 1.71 bits per heavy atom. The van der Waals surface area contributed by atoms with Gasteiger partial charge in [0.1, 0.15) is 6.10 Å². The van der Waals surface area contributed by atoms with E-state index in [2.05, 4.69) is 5.32 Å². The van der Waals surface area contributed by atoms with Gasteiger partial charge in [-0.15, -0.1) is 11.3 Å². The molecule has 1 aromatic rings. The third-order valence-electron chi connectivity index (χ3n) is 1.74. The molecule has 0 saturated heterocycles. The highest BCUT2D eigenvalue weighted by atomic mass is 35.5. The molecular weight excluding hydrogens is 222 g/mol. The summed E-state index contributed by atoms with van der Waals surface area (Å²) in [5.74, 6) is -0.0632. The van der Waals surface area contributed by atoms with E-state index in [4.69, 9.17) is 11.6 Å². The number of hydrogen-bond donors (Lipinski definition) is 2. The second kappa shape index (κ2) is 5.34. The fourth-order valence-corrected chi connectivity index (χ4v) is 1.99. The Morgan fingerprint density at radius 3 is 2.93 bits per heavy atom. The minimum atomic E-state index is -0.664. The Bertz CT molecular complexity index is 314. The number of thiophene rings is 1. The first-order valence-electron chi connectivity index (χ1n) is 4.33. The molecular formula is C9H12ClNO2S. The van der Waals surface area contributed by atoms with Crippen molar-refractivity contribution >= 4 is 28.8 Å². The Morgan fingerprint density at radius 2 is 2.43 bits per heavy atom. The Labute approximate surface area is 91.7 Å². The van der Waals surface area contributed by atoms with Crippen LogP contribution < -0.4 is 5.32 Å². The first kappa shape index (κ1) is 11.5. The van der Waals surface area contributed by atoms with Crippen molar-refractivity contribution in [2.24, 2.45) is 0 Å². The predicted molar refractivity (Wildman–Crippen MR) is 57.6 cm³/mol. The average molecular weight is 234 g/mol. The summed E-state index contributed by atoms with van der Waals surface area (Å²) >= 11 is 7.03. The van der Waals surface area contributed by atoms with Gasteiger partial charge in [0, 0.05) is 17.8 Å². The van der Waals surface area contributed by atoms with Crippen LogP contribution >= 0.6 is 22.9 Å². The first-order chi connectivity index (χ1) is 6.63. The zero-order valence-corrected chi connectivity index (χ0v) is 9.36. The van der Waals surface area contributed by atoms with Crippen molar-refractivity contribution in [1.82, 2.24) is 5.32 Å². The van der Waals surface area contributed by atoms with Gasteiger partial charge in [-0.2, -0.15) is 0 Å². The van der Waals surface area contributed by atoms with E-state index < -0.39 is 6.10 Å². The van der Waals surface area contributed by atoms with Gasteiger partial charge < -0.3 is 10.4 Å². The van der Waals surface area contributed by atoms with Crippen LogP contribution in [0.4, 0.5) is 0 Å². The monoisotopic (exact) mass is 233 g/mol. The molecule has 1 aromatic heterocycles. The topological polar surface area (TPSA) is 49.3 Å². The lowest BCUT2D eigenvalue weighted by atomic mass is 10.3. The van der Waals surface area contributed by atoms with Crippen LogP contribution in [0.15, 0.2) is 12.1 Å². The van der Waals surface area contributed by atoms with E-state index in [1.54, 1.807) is 19.1 Å². The lowest BCUT2D eigenvalue weighted by molar-refractivity contribution is -0.121. The lowest BCUT2D eigenvalue weighted by Crippen LogP contribution is -2.27. The first-order valence-corrected chi connectivity index (χ1v) is 5.53. The van der Waals surface area contributed by atoms with Gasteiger partial charge in [0.25, 0.3) is 0 Å². The maximum Gasteiger partial charge on any atom is 0.219 e. The van der Waals surface area contributed by atoms with Crippen LogP contribution in [0, 0.1) is 0 Å². The van der Waals surface area contributed by atoms with Crippen molar-refractivity contribution in [2.75, 3.05) is 6.54 Å². The maximum absolute atomic E-state index is 10.9. The SMILES string of the molecule is CCC(=O)NCC(O)c1ccc(Cl)s1. The summed E-state index contributed by atoms with van der Waals surface area (Å²) in [5.41, 5.74) is 0. The fraction of sp³-hybridized carbons (Fsp3) is 0.444. The third kappa shape index (κ3) is 3.29. The van der Waals surface area contributed by atoms with Gasteiger partial charge in [0.15, 0.2) is 0 Å². The predicted octanol–water partition coefficient (Wildman–Crippen LogP) is 1.96. The molecule has 1 amide bonds. The van der Waals surface area contributed by atoms with Crippen LogP contribution in [0.3, 0.4) is 0 Å². The number of rotatable bonds is 4. The summed E-state index contributed by atoms with van der Waals surface area (Å²) in [4.78, 5) is 11.7. The van der Waals surface area contributed by atoms with E-state index in [-0.39, 0.29) is 12.5 Å². The van der Waals surface area contributed by atoms with Crippen molar-refractivity contribution in [1.29, 1.82) is 0 Å². The summed E-state index contributed by atoms with van der Waals surface area (Å²) in [6.45, 7) is 2.01. The summed E-state index contributed by atoms with van der Waals surface area (Å²) in [6.07, 6.45) is -0.235. The second-order valence-electron chi connectivity index (χ2n) is 2.82. The highest BCUT2D eigenvalue weighted by Crippen LogP contribution is 2.26. The van der Waals surface area contributed by atoms with Crippen molar-refractivity contribution in [3.05, 3.63) is 21.3 Å². The number of amides is 1. The molecule has 0 aromatic carbocycles. The minimum Gasteiger partial charge on any atom is -0.386 e. The summed E-state index contributed by atoms with van der Waals surface area (Å²) in [7, 11) is 0. The van der Waals surface area contributed by atoms with Gasteiger partial charge in [-0.1, -0.05) is 18.5 Å². The number of halogens is 1. The average Bonchev–Trinajstić information content (AvgIpc) is 2.60. The zero-order chi connectivity index (χ0) is 10.6. The van der Waals surface area contributed by atoms with Gasteiger partial charge in [0.05, 0.1) is 4.34 Å². The number of aliphatic hydroxyl groups excluding tert-OH is 1. The molecule has 0 saturated carbocycles. The van der Waals surface area contributed by atoms with E-state index in [1.165, 1.54) is 11.3 Å². The van der Waals surface area contributed by atoms with Gasteiger partial charge in [-0.05, 0) is 12.1 Å². The molecule has 5 heteroatoms. The Hall–Kier alpha value is -0.580. The summed E-state index contributed by atoms with van der Waals surface area (Å²) in [6, 6.07) is 3.49. The molecule has 0 bridgehead atoms. The van der Waals surface area contributed by atoms with Crippen LogP contribution in [0.5, 0.6) is 0 Å². The second-order valence-corrected chi connectivity index (χ2v) is 4.56. The van der Waals surface area contributed by atoms with Crippen molar-refractivity contribution in [3.63, 3.8) is 0 Å². The number of hydrogen-bond acceptors (Lipinski definition) is 3. The van der Waals surface area contributed by atoms with E-state index in [0.29, 0.717) is 10.8 Å². The highest BCUT2D eigenvalue weighted by Gasteiger charge is 2.10. The third-order valence-corrected chi connectivity index (χ3v) is 3.07. The summed E-state index contributed by atoms with van der Waals surface area (Å²) in [5, 5.41) is 12.2. The molecule has 0 radical (unpaired) electrons. The smallest absolute Gasteiger partial charge is 0.219 e. The molecule has 78 valence electrons. The van der Waals surface area contributed by atoms with Gasteiger partial charge in [-0.3, -0.25) is 4.79 Å². The number of nitrogens with one attached hydrogen (secondary N) is 1. The Kier molecular flexibility index (Phi) is 4.38. The molecule has 2 N–H and O–H groups in total. The molecule has 1 rings (SSSR count). The largest absolute Gasteiger partial charge is 0.386 e. The maximum atomic E-state index is 10.9. The molecule has 0 aliphatic carbocycles. The molecule has 14 heavy (non-hydrogen) atoms. The molecule has 0 aliphatic rings. The lowest BCUT2D eigenvalue weighted by Gasteiger charge is -2.08. The van der Waals surface area contributed by atoms with E-state index in [9.17, 15) is 9.90 Å². The molecule has 1 atom stereocenters. The van der Waals surface area contributed by atoms with Crippen LogP contribution in [0.1, 0.15) is 24.3 Å². The number of carbonyl (C=O) groups excluding carboxylic acids is 1. The van der Waals surface area contributed by atoms with Crippen LogP contribution in [0.2, 0.25) is 4.34 Å². The van der Waals surface area contributed by atoms with Crippen molar-refractivity contribution in [2.45, 2.75) is 19.4 Å². The number of aliphatic hydroxyl groups is 1. The number of carbonyl (C=O) groups is 1. The van der Waals surface area contributed by atoms with Crippen LogP contribution in [0.25, 0.3) is 0 Å². The zero-order valence-electron chi connectivity index (χ0n) is 7.79. The standard InChI is InChI=1S/C9H12ClNO2S/c1-2-9(13)11-5-6(12)7-3-4-8(10)14-7/h3-4,6,12H,2,5H2,1H3,(H,11,13). The normalized spacial score (nSPS) is 12.5. The van der Waals surface area contributed by atoms with Crippen LogP contribution in [-0.2, 0) is 4.79 Å². The van der Waals surface area contributed by atoms with Gasteiger partial charge in [-0.25, -0.2) is 0 Å². The van der Waals surface area contributed by atoms with Gasteiger partial charge in [0.2, 0.25) is 5.91 Å². The molecule has 0 fully saturated rings. The highest BCUT2D eigenvalue weighted by molar-refractivity contribution is 7.16. The van der Waals surface area contributed by atoms with Gasteiger partial charge >= 0.3 is 0 Å². The van der Waals surface area contributed by atoms with Crippen molar-refractivity contribution in [3.8, 4) is 0 Å². The van der Waals surface area contributed by atoms with Crippen molar-refractivity contribution < 1.29 is 9.90 Å². The van der Waals surface area contributed by atoms with Crippen LogP contribution in [-0.4, -0.2) is 17.6 Å². The minimum absolute atomic E-state index is 0.0632. The fourth-order valence-electron chi connectivity index (χ4n) is 0.943. The van der Waals surface area contributed by atoms with E-state index >= 15 is 0 Å². The summed E-state index contributed by atoms with van der Waals surface area (Å²) < 4.78 is 0.640.